The van der Waals surface area contributed by atoms with Crippen molar-refractivity contribution in [2.45, 2.75) is 6.54 Å². The summed E-state index contributed by atoms with van der Waals surface area (Å²) in [5, 5.41) is 8.02. The Labute approximate surface area is 194 Å². The lowest BCUT2D eigenvalue weighted by Crippen LogP contribution is -2.32. The summed E-state index contributed by atoms with van der Waals surface area (Å²) in [6, 6.07) is 16.3. The van der Waals surface area contributed by atoms with Crippen molar-refractivity contribution in [3.05, 3.63) is 81.0 Å². The fourth-order valence-corrected chi connectivity index (χ4v) is 5.09. The van der Waals surface area contributed by atoms with Crippen molar-refractivity contribution in [3.8, 4) is 0 Å². The molecule has 2 N–H and O–H groups in total. The molecule has 4 rings (SSSR count). The standard InChI is InChI=1S/C23H22ClN3O2S2/c24-18-8-7-16(14-20(18)26-23(29)21-6-3-11-31-21)22(28)25-19-5-2-1-4-17(19)15-27-9-12-30-13-10-27/h1-8,11,14H,9-10,12-13,15H2,(H,25,28)(H,26,29). The Balaban J connectivity index is 1.48. The molecule has 1 saturated heterocycles. The summed E-state index contributed by atoms with van der Waals surface area (Å²) in [7, 11) is 0. The predicted molar refractivity (Wildman–Crippen MR) is 131 cm³/mol. The van der Waals surface area contributed by atoms with Crippen LogP contribution < -0.4 is 10.6 Å². The molecule has 1 aromatic heterocycles. The van der Waals surface area contributed by atoms with Crippen LogP contribution in [0.2, 0.25) is 5.02 Å². The van der Waals surface area contributed by atoms with Crippen molar-refractivity contribution in [2.75, 3.05) is 35.2 Å². The minimum Gasteiger partial charge on any atom is -0.322 e. The van der Waals surface area contributed by atoms with Gasteiger partial charge in [-0.15, -0.1) is 11.3 Å². The molecule has 160 valence electrons. The number of carbonyl (C=O) groups is 2. The van der Waals surface area contributed by atoms with Crippen molar-refractivity contribution in [2.24, 2.45) is 0 Å². The van der Waals surface area contributed by atoms with E-state index in [1.807, 2.05) is 47.5 Å². The minimum atomic E-state index is -0.250. The normalized spacial score (nSPS) is 14.2. The molecule has 1 fully saturated rings. The van der Waals surface area contributed by atoms with Crippen LogP contribution in [-0.2, 0) is 6.54 Å². The van der Waals surface area contributed by atoms with E-state index in [-0.39, 0.29) is 11.8 Å². The number of carbonyl (C=O) groups excluding carboxylic acids is 2. The lowest BCUT2D eigenvalue weighted by Gasteiger charge is -2.27. The van der Waals surface area contributed by atoms with Crippen LogP contribution in [-0.4, -0.2) is 41.3 Å². The number of benzene rings is 2. The zero-order valence-electron chi connectivity index (χ0n) is 16.8. The number of rotatable bonds is 6. The first-order valence-electron chi connectivity index (χ1n) is 9.94. The summed E-state index contributed by atoms with van der Waals surface area (Å²) < 4.78 is 0. The Morgan fingerprint density at radius 3 is 2.48 bits per heavy atom. The third-order valence-electron chi connectivity index (χ3n) is 4.98. The number of nitrogens with zero attached hydrogens (tertiary/aromatic N) is 1. The van der Waals surface area contributed by atoms with Crippen LogP contribution in [0.15, 0.2) is 60.0 Å². The molecular weight excluding hydrogens is 450 g/mol. The Morgan fingerprint density at radius 2 is 1.71 bits per heavy atom. The monoisotopic (exact) mass is 471 g/mol. The summed E-state index contributed by atoms with van der Waals surface area (Å²) in [5.41, 5.74) is 2.72. The second-order valence-corrected chi connectivity index (χ2v) is 9.71. The summed E-state index contributed by atoms with van der Waals surface area (Å²) in [6.45, 7) is 2.91. The fourth-order valence-electron chi connectivity index (χ4n) is 3.33. The van der Waals surface area contributed by atoms with E-state index < -0.39 is 0 Å². The molecule has 0 spiro atoms. The maximum atomic E-state index is 13.0. The number of para-hydroxylation sites is 1. The van der Waals surface area contributed by atoms with E-state index in [0.717, 1.165) is 42.4 Å². The lowest BCUT2D eigenvalue weighted by atomic mass is 10.1. The van der Waals surface area contributed by atoms with Gasteiger partial charge in [0.1, 0.15) is 0 Å². The van der Waals surface area contributed by atoms with E-state index in [9.17, 15) is 9.59 Å². The average Bonchev–Trinajstić information content (AvgIpc) is 3.32. The van der Waals surface area contributed by atoms with Crippen molar-refractivity contribution in [3.63, 3.8) is 0 Å². The van der Waals surface area contributed by atoms with Crippen LogP contribution >= 0.6 is 34.7 Å². The number of amides is 2. The fraction of sp³-hybridized carbons (Fsp3) is 0.217. The van der Waals surface area contributed by atoms with Gasteiger partial charge in [0.25, 0.3) is 11.8 Å². The quantitative estimate of drug-likeness (QED) is 0.501. The topological polar surface area (TPSA) is 61.4 Å². The smallest absolute Gasteiger partial charge is 0.265 e. The summed E-state index contributed by atoms with van der Waals surface area (Å²) in [6.07, 6.45) is 0. The van der Waals surface area contributed by atoms with Gasteiger partial charge in [-0.25, -0.2) is 0 Å². The van der Waals surface area contributed by atoms with E-state index in [2.05, 4.69) is 15.5 Å². The highest BCUT2D eigenvalue weighted by molar-refractivity contribution is 7.99. The molecule has 0 aliphatic carbocycles. The van der Waals surface area contributed by atoms with Gasteiger partial charge in [0.15, 0.2) is 0 Å². The molecule has 2 aromatic carbocycles. The van der Waals surface area contributed by atoms with Gasteiger partial charge in [0.05, 0.1) is 15.6 Å². The van der Waals surface area contributed by atoms with Gasteiger partial charge >= 0.3 is 0 Å². The van der Waals surface area contributed by atoms with Gasteiger partial charge in [-0.05, 0) is 41.3 Å². The van der Waals surface area contributed by atoms with Crippen LogP contribution in [0.5, 0.6) is 0 Å². The molecule has 1 aliphatic rings. The highest BCUT2D eigenvalue weighted by Gasteiger charge is 2.16. The summed E-state index contributed by atoms with van der Waals surface area (Å²) in [4.78, 5) is 28.3. The first-order valence-corrected chi connectivity index (χ1v) is 12.3. The van der Waals surface area contributed by atoms with Crippen molar-refractivity contribution >= 4 is 57.9 Å². The van der Waals surface area contributed by atoms with E-state index in [1.54, 1.807) is 24.3 Å². The first kappa shape index (κ1) is 21.9. The lowest BCUT2D eigenvalue weighted by molar-refractivity contribution is 0.101. The second kappa shape index (κ2) is 10.3. The maximum Gasteiger partial charge on any atom is 0.265 e. The van der Waals surface area contributed by atoms with E-state index in [4.69, 9.17) is 11.6 Å². The third-order valence-corrected chi connectivity index (χ3v) is 7.13. The van der Waals surface area contributed by atoms with Crippen LogP contribution in [0.3, 0.4) is 0 Å². The Bertz CT molecular complexity index is 1070. The summed E-state index contributed by atoms with van der Waals surface area (Å²) in [5.74, 6) is 1.78. The van der Waals surface area contributed by atoms with Gasteiger partial charge < -0.3 is 10.6 Å². The largest absolute Gasteiger partial charge is 0.322 e. The molecule has 0 bridgehead atoms. The van der Waals surface area contributed by atoms with Crippen molar-refractivity contribution < 1.29 is 9.59 Å². The number of hydrogen-bond donors (Lipinski definition) is 2. The molecule has 3 aromatic rings. The number of halogens is 1. The second-order valence-electron chi connectivity index (χ2n) is 7.13. The molecular formula is C23H22ClN3O2S2. The Morgan fingerprint density at radius 1 is 0.935 bits per heavy atom. The number of nitrogens with one attached hydrogen (secondary N) is 2. The van der Waals surface area contributed by atoms with E-state index >= 15 is 0 Å². The summed E-state index contributed by atoms with van der Waals surface area (Å²) >= 11 is 9.57. The van der Waals surface area contributed by atoms with Gasteiger partial charge in [-0.2, -0.15) is 11.8 Å². The number of thioether (sulfide) groups is 1. The van der Waals surface area contributed by atoms with Gasteiger partial charge in [-0.3, -0.25) is 14.5 Å². The Kier molecular flexibility index (Phi) is 7.29. The van der Waals surface area contributed by atoms with Gasteiger partial charge in [0.2, 0.25) is 0 Å². The van der Waals surface area contributed by atoms with Gasteiger partial charge in [0, 0.05) is 42.4 Å². The molecule has 8 heteroatoms. The maximum absolute atomic E-state index is 13.0. The molecule has 2 amide bonds. The Hall–Kier alpha value is -2.32. The van der Waals surface area contributed by atoms with E-state index in [0.29, 0.717) is 21.2 Å². The molecule has 5 nitrogen and oxygen atoms in total. The average molecular weight is 472 g/mol. The van der Waals surface area contributed by atoms with Crippen LogP contribution in [0, 0.1) is 0 Å². The number of anilines is 2. The van der Waals surface area contributed by atoms with Crippen LogP contribution in [0.4, 0.5) is 11.4 Å². The predicted octanol–water partition coefficient (Wildman–Crippen LogP) is 5.45. The van der Waals surface area contributed by atoms with Crippen molar-refractivity contribution in [1.29, 1.82) is 0 Å². The van der Waals surface area contributed by atoms with Crippen LogP contribution in [0.1, 0.15) is 25.6 Å². The van der Waals surface area contributed by atoms with Crippen LogP contribution in [0.25, 0.3) is 0 Å². The highest BCUT2D eigenvalue weighted by atomic mass is 35.5. The van der Waals surface area contributed by atoms with Crippen molar-refractivity contribution in [1.82, 2.24) is 4.90 Å². The minimum absolute atomic E-state index is 0.245. The molecule has 0 atom stereocenters. The third kappa shape index (κ3) is 5.68. The molecule has 0 unspecified atom stereocenters. The molecule has 2 heterocycles. The zero-order chi connectivity index (χ0) is 21.6. The van der Waals surface area contributed by atoms with Gasteiger partial charge in [-0.1, -0.05) is 35.9 Å². The SMILES string of the molecule is O=C(Nc1ccccc1CN1CCSCC1)c1ccc(Cl)c(NC(=O)c2cccs2)c1. The molecule has 0 radical (unpaired) electrons. The molecule has 31 heavy (non-hydrogen) atoms. The van der Waals surface area contributed by atoms with E-state index in [1.165, 1.54) is 11.3 Å². The number of hydrogen-bond acceptors (Lipinski definition) is 5. The molecule has 1 aliphatic heterocycles. The first-order chi connectivity index (χ1) is 15.1. The number of thiophene rings is 1. The highest BCUT2D eigenvalue weighted by Crippen LogP contribution is 2.26. The zero-order valence-corrected chi connectivity index (χ0v) is 19.2. The molecule has 0 saturated carbocycles.